The van der Waals surface area contributed by atoms with Crippen molar-refractivity contribution in [2.45, 2.75) is 81.2 Å². The molecule has 3 saturated carbocycles. The van der Waals surface area contributed by atoms with Crippen molar-refractivity contribution in [3.8, 4) is 10.7 Å². The minimum absolute atomic E-state index is 0.0499. The number of carbonyl (C=O) groups is 1. The van der Waals surface area contributed by atoms with Crippen LogP contribution >= 0.6 is 23.1 Å². The van der Waals surface area contributed by atoms with Gasteiger partial charge >= 0.3 is 0 Å². The first-order valence-electron chi connectivity index (χ1n) is 10.9. The molecular weight excluding hydrogens is 386 g/mol. The lowest BCUT2D eigenvalue weighted by Crippen LogP contribution is -2.24. The van der Waals surface area contributed by atoms with Gasteiger partial charge in [0, 0.05) is 12.5 Å². The summed E-state index contributed by atoms with van der Waals surface area (Å²) in [4.78, 5) is 13.8. The molecule has 2 bridgehead atoms. The van der Waals surface area contributed by atoms with Gasteiger partial charge in [-0.3, -0.25) is 9.36 Å². The smallest absolute Gasteiger partial charge is 0.192 e. The number of nitrogens with zero attached hydrogens (tertiary/aromatic N) is 3. The number of carbonyl (C=O) groups excluding carboxylic acids is 1. The van der Waals surface area contributed by atoms with Gasteiger partial charge in [-0.15, -0.1) is 21.5 Å². The van der Waals surface area contributed by atoms with Crippen LogP contribution in [-0.2, 0) is 4.79 Å². The highest BCUT2D eigenvalue weighted by Crippen LogP contribution is 2.53. The van der Waals surface area contributed by atoms with Crippen LogP contribution in [0, 0.1) is 17.8 Å². The number of hydrogen-bond acceptors (Lipinski definition) is 5. The summed E-state index contributed by atoms with van der Waals surface area (Å²) in [7, 11) is 0. The van der Waals surface area contributed by atoms with Crippen molar-refractivity contribution in [3.05, 3.63) is 17.5 Å². The van der Waals surface area contributed by atoms with Crippen LogP contribution in [0.2, 0.25) is 0 Å². The predicted octanol–water partition coefficient (Wildman–Crippen LogP) is 6.00. The highest BCUT2D eigenvalue weighted by Gasteiger charge is 2.43. The third-order valence-electron chi connectivity index (χ3n) is 7.22. The predicted molar refractivity (Wildman–Crippen MR) is 115 cm³/mol. The van der Waals surface area contributed by atoms with Gasteiger partial charge in [0.2, 0.25) is 0 Å². The Labute approximate surface area is 175 Å². The molecule has 0 amide bonds. The Morgan fingerprint density at radius 3 is 2.86 bits per heavy atom. The van der Waals surface area contributed by atoms with E-state index in [1.807, 2.05) is 0 Å². The molecule has 3 aliphatic carbocycles. The SMILES string of the molecule is CC(C1CC2CCC1C2)n1c(SC2CCCCCC2=O)nnc1-c1cccs1. The molecule has 2 aromatic rings. The molecule has 3 aliphatic rings. The Morgan fingerprint density at radius 1 is 1.18 bits per heavy atom. The molecule has 4 nitrogen and oxygen atoms in total. The Bertz CT molecular complexity index is 831. The van der Waals surface area contributed by atoms with Crippen molar-refractivity contribution in [1.29, 1.82) is 0 Å². The van der Waals surface area contributed by atoms with Crippen LogP contribution in [0.25, 0.3) is 10.7 Å². The van der Waals surface area contributed by atoms with E-state index in [1.165, 1.54) is 37.0 Å². The molecule has 3 fully saturated rings. The first kappa shape index (κ1) is 18.9. The minimum Gasteiger partial charge on any atom is -0.298 e. The van der Waals surface area contributed by atoms with E-state index in [-0.39, 0.29) is 5.25 Å². The molecule has 28 heavy (non-hydrogen) atoms. The fourth-order valence-electron chi connectivity index (χ4n) is 5.75. The van der Waals surface area contributed by atoms with Crippen LogP contribution in [0.15, 0.2) is 22.7 Å². The zero-order chi connectivity index (χ0) is 19.1. The fraction of sp³-hybridized carbons (Fsp3) is 0.682. The number of fused-ring (bicyclic) bond motifs is 2. The molecule has 6 heteroatoms. The first-order chi connectivity index (χ1) is 13.7. The summed E-state index contributed by atoms with van der Waals surface area (Å²) in [6.07, 6.45) is 10.7. The fourth-order valence-corrected chi connectivity index (χ4v) is 7.70. The Kier molecular flexibility index (Phi) is 5.35. The van der Waals surface area contributed by atoms with Crippen molar-refractivity contribution in [2.24, 2.45) is 17.8 Å². The van der Waals surface area contributed by atoms with Crippen LogP contribution < -0.4 is 0 Å². The maximum absolute atomic E-state index is 12.6. The van der Waals surface area contributed by atoms with Gasteiger partial charge in [-0.05, 0) is 68.2 Å². The third kappa shape index (κ3) is 3.47. The van der Waals surface area contributed by atoms with Crippen molar-refractivity contribution in [1.82, 2.24) is 14.8 Å². The van der Waals surface area contributed by atoms with E-state index in [0.717, 1.165) is 54.4 Å². The quantitative estimate of drug-likeness (QED) is 0.562. The van der Waals surface area contributed by atoms with Crippen molar-refractivity contribution in [2.75, 3.05) is 0 Å². The van der Waals surface area contributed by atoms with Crippen molar-refractivity contribution >= 4 is 28.9 Å². The maximum atomic E-state index is 12.6. The van der Waals surface area contributed by atoms with Gasteiger partial charge in [-0.1, -0.05) is 37.1 Å². The molecule has 0 aliphatic heterocycles. The van der Waals surface area contributed by atoms with E-state index < -0.39 is 0 Å². The second-order valence-corrected chi connectivity index (χ2v) is 11.0. The van der Waals surface area contributed by atoms with E-state index in [4.69, 9.17) is 0 Å². The maximum Gasteiger partial charge on any atom is 0.192 e. The van der Waals surface area contributed by atoms with Gasteiger partial charge in [-0.25, -0.2) is 0 Å². The number of Topliss-reactive ketones (excluding diaryl/α,β-unsaturated/α-hetero) is 1. The second kappa shape index (κ2) is 7.94. The summed E-state index contributed by atoms with van der Waals surface area (Å²) >= 11 is 3.41. The molecule has 5 rings (SSSR count). The summed E-state index contributed by atoms with van der Waals surface area (Å²) in [5.74, 6) is 3.91. The molecule has 2 aromatic heterocycles. The number of ketones is 1. The zero-order valence-corrected chi connectivity index (χ0v) is 18.2. The molecule has 0 N–H and O–H groups in total. The number of thiophene rings is 1. The van der Waals surface area contributed by atoms with Crippen LogP contribution in [0.5, 0.6) is 0 Å². The van der Waals surface area contributed by atoms with Gasteiger partial charge in [-0.2, -0.15) is 0 Å². The summed E-state index contributed by atoms with van der Waals surface area (Å²) in [6, 6.07) is 4.62. The van der Waals surface area contributed by atoms with Gasteiger partial charge in [0.05, 0.1) is 10.1 Å². The average Bonchev–Trinajstić information content (AvgIpc) is 3.48. The van der Waals surface area contributed by atoms with Crippen LogP contribution in [0.1, 0.15) is 70.8 Å². The number of aromatic nitrogens is 3. The Morgan fingerprint density at radius 2 is 2.11 bits per heavy atom. The topological polar surface area (TPSA) is 47.8 Å². The van der Waals surface area contributed by atoms with E-state index in [9.17, 15) is 4.79 Å². The van der Waals surface area contributed by atoms with Crippen molar-refractivity contribution < 1.29 is 4.79 Å². The molecule has 5 unspecified atom stereocenters. The molecule has 0 spiro atoms. The lowest BCUT2D eigenvalue weighted by atomic mass is 9.84. The van der Waals surface area contributed by atoms with Crippen molar-refractivity contribution in [3.63, 3.8) is 0 Å². The number of thioether (sulfide) groups is 1. The normalized spacial score (nSPS) is 31.2. The number of hydrogen-bond donors (Lipinski definition) is 0. The molecule has 0 radical (unpaired) electrons. The molecule has 0 aromatic carbocycles. The standard InChI is InChI=1S/C22H29N3OS2/c1-14(17-13-15-9-10-16(17)12-15)25-21(20-8-5-11-27-20)23-24-22(25)28-19-7-4-2-3-6-18(19)26/h5,8,11,14-17,19H,2-4,6-7,9-10,12-13H2,1H3. The summed E-state index contributed by atoms with van der Waals surface area (Å²) in [5, 5.41) is 12.4. The summed E-state index contributed by atoms with van der Waals surface area (Å²) in [6.45, 7) is 2.37. The number of rotatable bonds is 5. The average molecular weight is 416 g/mol. The highest BCUT2D eigenvalue weighted by molar-refractivity contribution is 8.00. The largest absolute Gasteiger partial charge is 0.298 e. The van der Waals surface area contributed by atoms with E-state index in [2.05, 4.69) is 39.2 Å². The second-order valence-electron chi connectivity index (χ2n) is 8.90. The lowest BCUT2D eigenvalue weighted by molar-refractivity contribution is -0.118. The van der Waals surface area contributed by atoms with E-state index >= 15 is 0 Å². The van der Waals surface area contributed by atoms with Gasteiger partial charge in [0.1, 0.15) is 5.78 Å². The zero-order valence-electron chi connectivity index (χ0n) is 16.5. The molecule has 5 atom stereocenters. The van der Waals surface area contributed by atoms with Crippen LogP contribution in [0.3, 0.4) is 0 Å². The molecule has 0 saturated heterocycles. The monoisotopic (exact) mass is 415 g/mol. The van der Waals surface area contributed by atoms with E-state index in [0.29, 0.717) is 11.8 Å². The summed E-state index contributed by atoms with van der Waals surface area (Å²) in [5.41, 5.74) is 0. The highest BCUT2D eigenvalue weighted by atomic mass is 32.2. The first-order valence-corrected chi connectivity index (χ1v) is 12.6. The summed E-state index contributed by atoms with van der Waals surface area (Å²) < 4.78 is 2.39. The Hall–Kier alpha value is -1.14. The van der Waals surface area contributed by atoms with Crippen LogP contribution in [0.4, 0.5) is 0 Å². The third-order valence-corrected chi connectivity index (χ3v) is 9.36. The van der Waals surface area contributed by atoms with E-state index in [1.54, 1.807) is 23.1 Å². The molecule has 2 heterocycles. The molecular formula is C22H29N3OS2. The lowest BCUT2D eigenvalue weighted by Gasteiger charge is -2.30. The van der Waals surface area contributed by atoms with Gasteiger partial charge in [0.15, 0.2) is 11.0 Å². The Balaban J connectivity index is 1.48. The molecule has 150 valence electrons. The minimum atomic E-state index is 0.0499. The van der Waals surface area contributed by atoms with Gasteiger partial charge < -0.3 is 0 Å². The van der Waals surface area contributed by atoms with Gasteiger partial charge in [0.25, 0.3) is 0 Å². The van der Waals surface area contributed by atoms with Crippen LogP contribution in [-0.4, -0.2) is 25.8 Å².